The van der Waals surface area contributed by atoms with Gasteiger partial charge in [0, 0.05) is 23.2 Å². The molecule has 3 rings (SSSR count). The molecule has 1 fully saturated rings. The van der Waals surface area contributed by atoms with Crippen LogP contribution >= 0.6 is 28.1 Å². The van der Waals surface area contributed by atoms with Crippen LogP contribution in [0.1, 0.15) is 25.0 Å². The summed E-state index contributed by atoms with van der Waals surface area (Å²) in [6, 6.07) is 13.3. The lowest BCUT2D eigenvalue weighted by atomic mass is 10.1. The molecule has 0 saturated carbocycles. The molecule has 5 nitrogen and oxygen atoms in total. The lowest BCUT2D eigenvalue weighted by Crippen LogP contribution is -2.54. The summed E-state index contributed by atoms with van der Waals surface area (Å²) in [4.78, 5) is 29.2. The summed E-state index contributed by atoms with van der Waals surface area (Å²) in [6.07, 6.45) is 1.60. The van der Waals surface area contributed by atoms with Gasteiger partial charge in [-0.15, -0.1) is 0 Å². The molecule has 0 unspecified atom stereocenters. The second kappa shape index (κ2) is 8.88. The van der Waals surface area contributed by atoms with Gasteiger partial charge in [-0.1, -0.05) is 28.1 Å². The molecule has 0 atom stereocenters. The van der Waals surface area contributed by atoms with Crippen LogP contribution in [-0.2, 0) is 9.59 Å². The first-order valence-corrected chi connectivity index (χ1v) is 10.6. The van der Waals surface area contributed by atoms with E-state index in [0.717, 1.165) is 34.4 Å². The molecule has 1 saturated heterocycles. The zero-order valence-electron chi connectivity index (χ0n) is 16.5. The molecule has 7 heteroatoms. The first kappa shape index (κ1) is 21.2. The Balaban J connectivity index is 1.95. The van der Waals surface area contributed by atoms with Crippen LogP contribution in [0.15, 0.2) is 52.5 Å². The number of rotatable bonds is 5. The van der Waals surface area contributed by atoms with Crippen molar-refractivity contribution in [3.63, 3.8) is 0 Å². The molecule has 0 spiro atoms. The van der Waals surface area contributed by atoms with Gasteiger partial charge in [-0.2, -0.15) is 0 Å². The fraction of sp³-hybridized carbons (Fsp3) is 0.227. The van der Waals surface area contributed by atoms with Gasteiger partial charge in [0.05, 0.1) is 5.69 Å². The monoisotopic (exact) mass is 471 g/mol. The van der Waals surface area contributed by atoms with E-state index in [9.17, 15) is 9.59 Å². The largest absolute Gasteiger partial charge is 0.372 e. The summed E-state index contributed by atoms with van der Waals surface area (Å²) in [5.41, 5.74) is 3.45. The standard InChI is InChI=1S/C22H22BrN3O2S/c1-4-25(5-2)17-9-6-15(7-10-17)13-18-20(27)24-22(29)26(21(18)28)19-11-8-16(23)12-14(19)3/h6-13H,4-5H2,1-3H3,(H,24,27,29)/b18-13+. The molecule has 1 heterocycles. The van der Waals surface area contributed by atoms with Crippen molar-refractivity contribution in [1.29, 1.82) is 0 Å². The van der Waals surface area contributed by atoms with Gasteiger partial charge in [0.15, 0.2) is 5.11 Å². The van der Waals surface area contributed by atoms with Crippen LogP contribution in [0.4, 0.5) is 11.4 Å². The van der Waals surface area contributed by atoms with Crippen molar-refractivity contribution in [2.75, 3.05) is 22.9 Å². The van der Waals surface area contributed by atoms with Crippen LogP contribution in [0, 0.1) is 6.92 Å². The van der Waals surface area contributed by atoms with Gasteiger partial charge >= 0.3 is 0 Å². The van der Waals surface area contributed by atoms with E-state index in [4.69, 9.17) is 12.2 Å². The van der Waals surface area contributed by atoms with Gasteiger partial charge in [0.2, 0.25) is 0 Å². The number of carbonyl (C=O) groups is 2. The number of anilines is 2. The van der Waals surface area contributed by atoms with E-state index in [1.54, 1.807) is 12.1 Å². The van der Waals surface area contributed by atoms with Gasteiger partial charge in [-0.25, -0.2) is 0 Å². The van der Waals surface area contributed by atoms with Crippen molar-refractivity contribution >= 4 is 62.5 Å². The van der Waals surface area contributed by atoms with Crippen molar-refractivity contribution in [3.05, 3.63) is 63.6 Å². The molecule has 1 aliphatic heterocycles. The quantitative estimate of drug-likeness (QED) is 0.397. The number of amides is 2. The fourth-order valence-electron chi connectivity index (χ4n) is 3.28. The van der Waals surface area contributed by atoms with Gasteiger partial charge in [0.25, 0.3) is 11.8 Å². The molecule has 1 N–H and O–H groups in total. The normalized spacial score (nSPS) is 15.7. The van der Waals surface area contributed by atoms with Gasteiger partial charge in [-0.3, -0.25) is 19.8 Å². The Morgan fingerprint density at radius 2 is 1.76 bits per heavy atom. The smallest absolute Gasteiger partial charge is 0.270 e. The van der Waals surface area contributed by atoms with Crippen LogP contribution in [0.3, 0.4) is 0 Å². The highest BCUT2D eigenvalue weighted by Gasteiger charge is 2.35. The Morgan fingerprint density at radius 3 is 2.34 bits per heavy atom. The fourth-order valence-corrected chi connectivity index (χ4v) is 4.03. The lowest BCUT2D eigenvalue weighted by molar-refractivity contribution is -0.122. The van der Waals surface area contributed by atoms with Crippen LogP contribution in [0.5, 0.6) is 0 Å². The minimum atomic E-state index is -0.487. The summed E-state index contributed by atoms with van der Waals surface area (Å²) >= 11 is 8.70. The molecule has 0 bridgehead atoms. The molecular formula is C22H22BrN3O2S. The third-order valence-corrected chi connectivity index (χ3v) is 5.61. The van der Waals surface area contributed by atoms with E-state index < -0.39 is 11.8 Å². The van der Waals surface area contributed by atoms with Crippen LogP contribution < -0.4 is 15.1 Å². The van der Waals surface area contributed by atoms with Crippen LogP contribution in [0.2, 0.25) is 0 Å². The number of thiocarbonyl (C=S) groups is 1. The number of aryl methyl sites for hydroxylation is 1. The molecule has 0 aromatic heterocycles. The summed E-state index contributed by atoms with van der Waals surface area (Å²) in [5.74, 6) is -0.921. The predicted octanol–water partition coefficient (Wildman–Crippen LogP) is 4.44. The first-order chi connectivity index (χ1) is 13.8. The number of halogens is 1. The molecule has 1 aliphatic rings. The van der Waals surface area contributed by atoms with Crippen molar-refractivity contribution < 1.29 is 9.59 Å². The Kier molecular flexibility index (Phi) is 6.49. The molecule has 2 amide bonds. The van der Waals surface area contributed by atoms with E-state index in [1.165, 1.54) is 4.90 Å². The van der Waals surface area contributed by atoms with Crippen LogP contribution in [-0.4, -0.2) is 30.0 Å². The third kappa shape index (κ3) is 4.41. The summed E-state index contributed by atoms with van der Waals surface area (Å²) < 4.78 is 0.905. The van der Waals surface area contributed by atoms with Crippen molar-refractivity contribution in [1.82, 2.24) is 5.32 Å². The average molecular weight is 472 g/mol. The predicted molar refractivity (Wildman–Crippen MR) is 125 cm³/mol. The van der Waals surface area contributed by atoms with E-state index in [2.05, 4.69) is 40.0 Å². The van der Waals surface area contributed by atoms with Gasteiger partial charge < -0.3 is 4.90 Å². The number of carbonyl (C=O) groups excluding carboxylic acids is 2. The van der Waals surface area contributed by atoms with Crippen molar-refractivity contribution in [2.45, 2.75) is 20.8 Å². The average Bonchev–Trinajstić information content (AvgIpc) is 2.68. The third-order valence-electron chi connectivity index (χ3n) is 4.83. The highest BCUT2D eigenvalue weighted by atomic mass is 79.9. The Labute approximate surface area is 184 Å². The number of benzene rings is 2. The van der Waals surface area contributed by atoms with E-state index in [1.807, 2.05) is 43.3 Å². The lowest BCUT2D eigenvalue weighted by Gasteiger charge is -2.30. The van der Waals surface area contributed by atoms with Crippen molar-refractivity contribution in [2.24, 2.45) is 0 Å². The zero-order chi connectivity index (χ0) is 21.1. The highest BCUT2D eigenvalue weighted by Crippen LogP contribution is 2.28. The molecule has 0 radical (unpaired) electrons. The van der Waals surface area contributed by atoms with Crippen LogP contribution in [0.25, 0.3) is 6.08 Å². The van der Waals surface area contributed by atoms with E-state index >= 15 is 0 Å². The van der Waals surface area contributed by atoms with E-state index in [0.29, 0.717) is 5.69 Å². The maximum absolute atomic E-state index is 13.1. The SMILES string of the molecule is CCN(CC)c1ccc(/C=C2\C(=O)NC(=S)N(c3ccc(Br)cc3C)C2=O)cc1. The molecule has 150 valence electrons. The van der Waals surface area contributed by atoms with Gasteiger partial charge in [-0.05, 0) is 80.5 Å². The van der Waals surface area contributed by atoms with E-state index in [-0.39, 0.29) is 10.7 Å². The number of hydrogen-bond acceptors (Lipinski definition) is 4. The second-order valence-electron chi connectivity index (χ2n) is 6.65. The van der Waals surface area contributed by atoms with Crippen molar-refractivity contribution in [3.8, 4) is 0 Å². The molecular weight excluding hydrogens is 450 g/mol. The Morgan fingerprint density at radius 1 is 1.10 bits per heavy atom. The summed E-state index contributed by atoms with van der Waals surface area (Å²) in [7, 11) is 0. The zero-order valence-corrected chi connectivity index (χ0v) is 18.9. The number of nitrogens with zero attached hydrogens (tertiary/aromatic N) is 2. The minimum Gasteiger partial charge on any atom is -0.372 e. The first-order valence-electron chi connectivity index (χ1n) is 9.38. The number of hydrogen-bond donors (Lipinski definition) is 1. The topological polar surface area (TPSA) is 52.7 Å². The number of nitrogens with one attached hydrogen (secondary N) is 1. The maximum atomic E-state index is 13.1. The molecule has 2 aromatic carbocycles. The highest BCUT2D eigenvalue weighted by molar-refractivity contribution is 9.10. The molecule has 0 aliphatic carbocycles. The van der Waals surface area contributed by atoms with Gasteiger partial charge in [0.1, 0.15) is 5.57 Å². The second-order valence-corrected chi connectivity index (χ2v) is 7.95. The Hall–Kier alpha value is -2.51. The minimum absolute atomic E-state index is 0.0523. The molecule has 29 heavy (non-hydrogen) atoms. The summed E-state index contributed by atoms with van der Waals surface area (Å²) in [5, 5.41) is 2.71. The Bertz CT molecular complexity index is 998. The summed E-state index contributed by atoms with van der Waals surface area (Å²) in [6.45, 7) is 7.92. The molecule has 2 aromatic rings. The maximum Gasteiger partial charge on any atom is 0.270 e.